The minimum atomic E-state index is 0.0674. The second kappa shape index (κ2) is 5.96. The third kappa shape index (κ3) is 2.85. The van der Waals surface area contributed by atoms with Gasteiger partial charge in [-0.1, -0.05) is 25.0 Å². The number of carbonyl (C=O) groups excluding carboxylic acids is 1. The van der Waals surface area contributed by atoms with Gasteiger partial charge in [-0.25, -0.2) is 4.79 Å². The van der Waals surface area contributed by atoms with Crippen LogP contribution in [0.1, 0.15) is 39.5 Å². The summed E-state index contributed by atoms with van der Waals surface area (Å²) in [6, 6.07) is 9.12. The highest BCUT2D eigenvalue weighted by Gasteiger charge is 2.29. The van der Waals surface area contributed by atoms with Crippen LogP contribution >= 0.6 is 0 Å². The van der Waals surface area contributed by atoms with Crippen LogP contribution in [0.5, 0.6) is 0 Å². The molecule has 1 aromatic rings. The van der Waals surface area contributed by atoms with E-state index in [2.05, 4.69) is 36.2 Å². The van der Waals surface area contributed by atoms with E-state index in [1.807, 2.05) is 17.0 Å². The summed E-state index contributed by atoms with van der Waals surface area (Å²) in [6.45, 7) is 6.05. The zero-order chi connectivity index (χ0) is 14.8. The van der Waals surface area contributed by atoms with Crippen LogP contribution in [0.15, 0.2) is 24.3 Å². The maximum Gasteiger partial charge on any atom is 0.322 e. The van der Waals surface area contributed by atoms with Crippen molar-refractivity contribution in [3.8, 4) is 0 Å². The highest BCUT2D eigenvalue weighted by molar-refractivity contribution is 5.97. The molecule has 1 aliphatic heterocycles. The van der Waals surface area contributed by atoms with Crippen LogP contribution in [-0.2, 0) is 0 Å². The number of benzene rings is 1. The Morgan fingerprint density at radius 1 is 1.14 bits per heavy atom. The summed E-state index contributed by atoms with van der Waals surface area (Å²) in [4.78, 5) is 16.9. The Bertz CT molecular complexity index is 509. The molecule has 4 heteroatoms. The first-order chi connectivity index (χ1) is 10.2. The lowest BCUT2D eigenvalue weighted by molar-refractivity contribution is 0.242. The first-order valence-electron chi connectivity index (χ1n) is 8.10. The van der Waals surface area contributed by atoms with Crippen LogP contribution in [0.25, 0.3) is 0 Å². The molecule has 0 bridgehead atoms. The summed E-state index contributed by atoms with van der Waals surface area (Å²) in [5.74, 6) is 0. The molecule has 1 saturated carbocycles. The monoisotopic (exact) mass is 287 g/mol. The van der Waals surface area contributed by atoms with Crippen molar-refractivity contribution in [3.63, 3.8) is 0 Å². The van der Waals surface area contributed by atoms with Crippen molar-refractivity contribution in [1.29, 1.82) is 0 Å². The standard InChI is InChI=1S/C17H25N3O/c1-13(2)19-11-12-20(16-10-6-5-9-15(16)19)17(21)18-14-7-3-4-8-14/h5-6,9-10,13-14H,3-4,7-8,11-12H2,1-2H3,(H,18,21). The van der Waals surface area contributed by atoms with Crippen LogP contribution < -0.4 is 15.1 Å². The van der Waals surface area contributed by atoms with Gasteiger partial charge in [0.15, 0.2) is 0 Å². The molecule has 0 atom stereocenters. The topological polar surface area (TPSA) is 35.6 Å². The zero-order valence-corrected chi connectivity index (χ0v) is 13.0. The summed E-state index contributed by atoms with van der Waals surface area (Å²) in [5, 5.41) is 3.20. The summed E-state index contributed by atoms with van der Waals surface area (Å²) in [6.07, 6.45) is 4.73. The smallest absolute Gasteiger partial charge is 0.322 e. The molecule has 4 nitrogen and oxygen atoms in total. The van der Waals surface area contributed by atoms with E-state index in [1.54, 1.807) is 0 Å². The van der Waals surface area contributed by atoms with Gasteiger partial charge in [0.25, 0.3) is 0 Å². The number of urea groups is 1. The van der Waals surface area contributed by atoms with Crippen molar-refractivity contribution in [2.45, 2.75) is 51.6 Å². The number of para-hydroxylation sites is 2. The number of carbonyl (C=O) groups is 1. The molecule has 114 valence electrons. The third-order valence-electron chi connectivity index (χ3n) is 4.60. The number of anilines is 2. The van der Waals surface area contributed by atoms with Crippen LogP contribution in [-0.4, -0.2) is 31.2 Å². The molecule has 0 saturated heterocycles. The summed E-state index contributed by atoms with van der Waals surface area (Å²) < 4.78 is 0. The van der Waals surface area contributed by atoms with Gasteiger partial charge in [0.05, 0.1) is 11.4 Å². The maximum absolute atomic E-state index is 12.6. The Kier molecular flexibility index (Phi) is 4.04. The SMILES string of the molecule is CC(C)N1CCN(C(=O)NC2CCCC2)c2ccccc21. The van der Waals surface area contributed by atoms with E-state index in [1.165, 1.54) is 18.5 Å². The van der Waals surface area contributed by atoms with Gasteiger partial charge < -0.3 is 10.2 Å². The van der Waals surface area contributed by atoms with Crippen LogP contribution in [0.3, 0.4) is 0 Å². The van der Waals surface area contributed by atoms with E-state index in [9.17, 15) is 4.79 Å². The van der Waals surface area contributed by atoms with Crippen LogP contribution in [0.4, 0.5) is 16.2 Å². The van der Waals surface area contributed by atoms with Gasteiger partial charge in [-0.3, -0.25) is 4.90 Å². The van der Waals surface area contributed by atoms with E-state index < -0.39 is 0 Å². The third-order valence-corrected chi connectivity index (χ3v) is 4.60. The van der Waals surface area contributed by atoms with Crippen molar-refractivity contribution in [2.75, 3.05) is 22.9 Å². The Morgan fingerprint density at radius 2 is 1.81 bits per heavy atom. The van der Waals surface area contributed by atoms with Gasteiger partial charge in [0.1, 0.15) is 0 Å². The zero-order valence-electron chi connectivity index (χ0n) is 13.0. The van der Waals surface area contributed by atoms with E-state index in [0.717, 1.165) is 31.6 Å². The summed E-state index contributed by atoms with van der Waals surface area (Å²) in [5.41, 5.74) is 2.20. The Hall–Kier alpha value is -1.71. The second-order valence-electron chi connectivity index (χ2n) is 6.36. The molecular formula is C17H25N3O. The fourth-order valence-electron chi connectivity index (χ4n) is 3.45. The average molecular weight is 287 g/mol. The molecule has 2 amide bonds. The molecule has 1 N–H and O–H groups in total. The molecule has 0 aromatic heterocycles. The fraction of sp³-hybridized carbons (Fsp3) is 0.588. The lowest BCUT2D eigenvalue weighted by Crippen LogP contribution is -2.51. The van der Waals surface area contributed by atoms with Crippen molar-refractivity contribution in [3.05, 3.63) is 24.3 Å². The van der Waals surface area contributed by atoms with Crippen LogP contribution in [0, 0.1) is 0 Å². The molecular weight excluding hydrogens is 262 g/mol. The van der Waals surface area contributed by atoms with E-state index in [4.69, 9.17) is 0 Å². The predicted molar refractivity (Wildman–Crippen MR) is 87.1 cm³/mol. The lowest BCUT2D eigenvalue weighted by Gasteiger charge is -2.40. The Morgan fingerprint density at radius 3 is 2.48 bits per heavy atom. The first kappa shape index (κ1) is 14.2. The average Bonchev–Trinajstić information content (AvgIpc) is 2.98. The molecule has 1 heterocycles. The number of nitrogens with zero attached hydrogens (tertiary/aromatic N) is 2. The molecule has 0 unspecified atom stereocenters. The second-order valence-corrected chi connectivity index (χ2v) is 6.36. The molecule has 1 fully saturated rings. The summed E-state index contributed by atoms with van der Waals surface area (Å²) >= 11 is 0. The van der Waals surface area contributed by atoms with E-state index >= 15 is 0 Å². The highest BCUT2D eigenvalue weighted by atomic mass is 16.2. The van der Waals surface area contributed by atoms with Gasteiger partial charge in [0.2, 0.25) is 0 Å². The van der Waals surface area contributed by atoms with Gasteiger partial charge in [-0.05, 0) is 38.8 Å². The lowest BCUT2D eigenvalue weighted by atomic mass is 10.1. The molecule has 1 aliphatic carbocycles. The number of amides is 2. The summed E-state index contributed by atoms with van der Waals surface area (Å²) in [7, 11) is 0. The van der Waals surface area contributed by atoms with Crippen molar-refractivity contribution >= 4 is 17.4 Å². The first-order valence-corrected chi connectivity index (χ1v) is 8.10. The molecule has 1 aromatic carbocycles. The number of nitrogens with one attached hydrogen (secondary N) is 1. The molecule has 0 radical (unpaired) electrons. The number of fused-ring (bicyclic) bond motifs is 1. The predicted octanol–water partition coefficient (Wildman–Crippen LogP) is 3.37. The molecule has 3 rings (SSSR count). The number of hydrogen-bond acceptors (Lipinski definition) is 2. The minimum Gasteiger partial charge on any atom is -0.366 e. The van der Waals surface area contributed by atoms with Gasteiger partial charge >= 0.3 is 6.03 Å². The maximum atomic E-state index is 12.6. The largest absolute Gasteiger partial charge is 0.366 e. The molecule has 2 aliphatic rings. The van der Waals surface area contributed by atoms with Gasteiger partial charge in [-0.15, -0.1) is 0 Å². The fourth-order valence-corrected chi connectivity index (χ4v) is 3.45. The Balaban J connectivity index is 1.80. The minimum absolute atomic E-state index is 0.0674. The normalized spacial score (nSPS) is 19.0. The van der Waals surface area contributed by atoms with Crippen molar-refractivity contribution in [1.82, 2.24) is 5.32 Å². The van der Waals surface area contributed by atoms with Crippen LogP contribution in [0.2, 0.25) is 0 Å². The van der Waals surface area contributed by atoms with E-state index in [-0.39, 0.29) is 6.03 Å². The van der Waals surface area contributed by atoms with Gasteiger partial charge in [0, 0.05) is 25.2 Å². The quantitative estimate of drug-likeness (QED) is 0.905. The van der Waals surface area contributed by atoms with Crippen molar-refractivity contribution in [2.24, 2.45) is 0 Å². The number of hydrogen-bond donors (Lipinski definition) is 1. The van der Waals surface area contributed by atoms with E-state index in [0.29, 0.717) is 12.1 Å². The number of rotatable bonds is 2. The van der Waals surface area contributed by atoms with Gasteiger partial charge in [-0.2, -0.15) is 0 Å². The highest BCUT2D eigenvalue weighted by Crippen LogP contribution is 2.34. The molecule has 0 spiro atoms. The van der Waals surface area contributed by atoms with Crippen molar-refractivity contribution < 1.29 is 4.79 Å². The Labute approximate surface area is 127 Å². The molecule has 21 heavy (non-hydrogen) atoms.